The average Bonchev–Trinajstić information content (AvgIpc) is 2.78. The van der Waals surface area contributed by atoms with E-state index in [1.54, 1.807) is 6.20 Å². The van der Waals surface area contributed by atoms with Crippen molar-refractivity contribution < 1.29 is 9.53 Å². The van der Waals surface area contributed by atoms with E-state index in [-0.39, 0.29) is 5.97 Å². The van der Waals surface area contributed by atoms with Crippen molar-refractivity contribution in [1.29, 1.82) is 0 Å². The molecule has 0 aliphatic carbocycles. The SMILES string of the molecule is CC(=O)OCCc1cnc(Nc2ccccc2)[nH]1. The minimum Gasteiger partial charge on any atom is -0.465 e. The first-order chi connectivity index (χ1) is 8.74. The lowest BCUT2D eigenvalue weighted by atomic mass is 10.3. The standard InChI is InChI=1S/C13H15N3O2/c1-10(17)18-8-7-12-9-14-13(16-12)15-11-5-3-2-4-6-11/h2-6,9H,7-8H2,1H3,(H2,14,15,16). The van der Waals surface area contributed by atoms with Gasteiger partial charge in [0.2, 0.25) is 5.95 Å². The summed E-state index contributed by atoms with van der Waals surface area (Å²) in [5.41, 5.74) is 1.90. The summed E-state index contributed by atoms with van der Waals surface area (Å²) in [4.78, 5) is 17.9. The molecule has 0 spiro atoms. The predicted octanol–water partition coefficient (Wildman–Crippen LogP) is 2.26. The topological polar surface area (TPSA) is 67.0 Å². The zero-order valence-corrected chi connectivity index (χ0v) is 10.1. The largest absolute Gasteiger partial charge is 0.465 e. The number of para-hydroxylation sites is 1. The molecule has 0 saturated carbocycles. The number of anilines is 2. The minimum absolute atomic E-state index is 0.267. The molecule has 0 aliphatic heterocycles. The zero-order chi connectivity index (χ0) is 12.8. The predicted molar refractivity (Wildman–Crippen MR) is 68.6 cm³/mol. The number of H-pyrrole nitrogens is 1. The molecule has 5 nitrogen and oxygen atoms in total. The second kappa shape index (κ2) is 5.86. The fourth-order valence-corrected chi connectivity index (χ4v) is 1.51. The van der Waals surface area contributed by atoms with Crippen LogP contribution in [0, 0.1) is 0 Å². The van der Waals surface area contributed by atoms with Gasteiger partial charge < -0.3 is 15.0 Å². The minimum atomic E-state index is -0.267. The smallest absolute Gasteiger partial charge is 0.302 e. The van der Waals surface area contributed by atoms with Gasteiger partial charge in [-0.2, -0.15) is 0 Å². The summed E-state index contributed by atoms with van der Waals surface area (Å²) in [5, 5.41) is 3.15. The van der Waals surface area contributed by atoms with Crippen LogP contribution in [0.2, 0.25) is 0 Å². The monoisotopic (exact) mass is 245 g/mol. The van der Waals surface area contributed by atoms with E-state index < -0.39 is 0 Å². The second-order valence-corrected chi connectivity index (χ2v) is 3.84. The highest BCUT2D eigenvalue weighted by molar-refractivity contribution is 5.65. The van der Waals surface area contributed by atoms with Gasteiger partial charge in [0.1, 0.15) is 0 Å². The lowest BCUT2D eigenvalue weighted by Gasteiger charge is -2.02. The van der Waals surface area contributed by atoms with E-state index in [1.807, 2.05) is 30.3 Å². The normalized spacial score (nSPS) is 10.1. The number of aromatic amines is 1. The molecule has 1 heterocycles. The molecule has 0 atom stereocenters. The second-order valence-electron chi connectivity index (χ2n) is 3.84. The Hall–Kier alpha value is -2.30. The highest BCUT2D eigenvalue weighted by Gasteiger charge is 2.01. The van der Waals surface area contributed by atoms with E-state index in [2.05, 4.69) is 15.3 Å². The summed E-state index contributed by atoms with van der Waals surface area (Å²) in [7, 11) is 0. The van der Waals surface area contributed by atoms with Crippen LogP contribution in [-0.4, -0.2) is 22.5 Å². The van der Waals surface area contributed by atoms with Crippen LogP contribution in [0.5, 0.6) is 0 Å². The Balaban J connectivity index is 1.88. The zero-order valence-electron chi connectivity index (χ0n) is 10.1. The summed E-state index contributed by atoms with van der Waals surface area (Å²) >= 11 is 0. The van der Waals surface area contributed by atoms with Crippen molar-refractivity contribution in [2.45, 2.75) is 13.3 Å². The first kappa shape index (κ1) is 12.2. The van der Waals surface area contributed by atoms with Crippen molar-refractivity contribution in [2.75, 3.05) is 11.9 Å². The lowest BCUT2D eigenvalue weighted by Crippen LogP contribution is -2.03. The molecule has 5 heteroatoms. The van der Waals surface area contributed by atoms with Gasteiger partial charge in [0.05, 0.1) is 12.8 Å². The number of hydrogen-bond donors (Lipinski definition) is 2. The molecule has 0 amide bonds. The third-order valence-corrected chi connectivity index (χ3v) is 2.34. The van der Waals surface area contributed by atoms with Crippen molar-refractivity contribution in [1.82, 2.24) is 9.97 Å². The van der Waals surface area contributed by atoms with Crippen LogP contribution in [0.3, 0.4) is 0 Å². The van der Waals surface area contributed by atoms with Gasteiger partial charge in [-0.05, 0) is 12.1 Å². The van der Waals surface area contributed by atoms with E-state index in [4.69, 9.17) is 4.74 Å². The number of benzene rings is 1. The number of carbonyl (C=O) groups excluding carboxylic acids is 1. The van der Waals surface area contributed by atoms with Gasteiger partial charge >= 0.3 is 5.97 Å². The molecule has 2 N–H and O–H groups in total. The Morgan fingerprint density at radius 1 is 1.39 bits per heavy atom. The van der Waals surface area contributed by atoms with Gasteiger partial charge in [-0.25, -0.2) is 4.98 Å². The quantitative estimate of drug-likeness (QED) is 0.793. The molecule has 0 aliphatic rings. The molecule has 2 rings (SSSR count). The van der Waals surface area contributed by atoms with Gasteiger partial charge in [-0.1, -0.05) is 18.2 Å². The number of rotatable bonds is 5. The number of carbonyl (C=O) groups is 1. The van der Waals surface area contributed by atoms with Crippen molar-refractivity contribution in [3.05, 3.63) is 42.2 Å². The number of esters is 1. The summed E-state index contributed by atoms with van der Waals surface area (Å²) < 4.78 is 4.87. The van der Waals surface area contributed by atoms with Gasteiger partial charge in [0.15, 0.2) is 0 Å². The van der Waals surface area contributed by atoms with Gasteiger partial charge in [-0.15, -0.1) is 0 Å². The van der Waals surface area contributed by atoms with Crippen LogP contribution < -0.4 is 5.32 Å². The fourth-order valence-electron chi connectivity index (χ4n) is 1.51. The van der Waals surface area contributed by atoms with Crippen LogP contribution >= 0.6 is 0 Å². The van der Waals surface area contributed by atoms with Crippen molar-refractivity contribution in [2.24, 2.45) is 0 Å². The van der Waals surface area contributed by atoms with Crippen molar-refractivity contribution >= 4 is 17.6 Å². The lowest BCUT2D eigenvalue weighted by molar-refractivity contribution is -0.140. The van der Waals surface area contributed by atoms with Crippen LogP contribution in [-0.2, 0) is 16.0 Å². The first-order valence-corrected chi connectivity index (χ1v) is 5.73. The highest BCUT2D eigenvalue weighted by Crippen LogP contribution is 2.12. The summed E-state index contributed by atoms with van der Waals surface area (Å²) in [6, 6.07) is 9.78. The molecule has 0 bridgehead atoms. The molecule has 0 fully saturated rings. The highest BCUT2D eigenvalue weighted by atomic mass is 16.5. The number of nitrogens with zero attached hydrogens (tertiary/aromatic N) is 1. The average molecular weight is 245 g/mol. The number of imidazole rings is 1. The Morgan fingerprint density at radius 2 is 2.17 bits per heavy atom. The Kier molecular flexibility index (Phi) is 3.96. The number of ether oxygens (including phenoxy) is 1. The Bertz CT molecular complexity index is 508. The van der Waals surface area contributed by atoms with Gasteiger partial charge in [-0.3, -0.25) is 4.79 Å². The maximum Gasteiger partial charge on any atom is 0.302 e. The third-order valence-electron chi connectivity index (χ3n) is 2.34. The van der Waals surface area contributed by atoms with Crippen LogP contribution in [0.15, 0.2) is 36.5 Å². The van der Waals surface area contributed by atoms with Gasteiger partial charge in [0.25, 0.3) is 0 Å². The van der Waals surface area contributed by atoms with E-state index in [1.165, 1.54) is 6.92 Å². The van der Waals surface area contributed by atoms with E-state index in [0.29, 0.717) is 19.0 Å². The number of nitrogens with one attached hydrogen (secondary N) is 2. The molecule has 1 aromatic heterocycles. The summed E-state index contributed by atoms with van der Waals surface area (Å²) in [6.45, 7) is 1.76. The maximum atomic E-state index is 10.6. The van der Waals surface area contributed by atoms with Crippen LogP contribution in [0.4, 0.5) is 11.6 Å². The number of aromatic nitrogens is 2. The molecule has 0 unspecified atom stereocenters. The molecule has 0 radical (unpaired) electrons. The summed E-state index contributed by atoms with van der Waals surface area (Å²) in [5.74, 6) is 0.413. The van der Waals surface area contributed by atoms with E-state index >= 15 is 0 Å². The van der Waals surface area contributed by atoms with Crippen molar-refractivity contribution in [3.63, 3.8) is 0 Å². The molecule has 18 heavy (non-hydrogen) atoms. The van der Waals surface area contributed by atoms with Crippen LogP contribution in [0.25, 0.3) is 0 Å². The van der Waals surface area contributed by atoms with Crippen molar-refractivity contribution in [3.8, 4) is 0 Å². The molecular formula is C13H15N3O2. The summed E-state index contributed by atoms with van der Waals surface area (Å²) in [6.07, 6.45) is 2.36. The molecule has 1 aromatic carbocycles. The van der Waals surface area contributed by atoms with Crippen LogP contribution in [0.1, 0.15) is 12.6 Å². The third kappa shape index (κ3) is 3.62. The Morgan fingerprint density at radius 3 is 2.89 bits per heavy atom. The maximum absolute atomic E-state index is 10.6. The molecule has 94 valence electrons. The molecule has 0 saturated heterocycles. The molecule has 2 aromatic rings. The fraction of sp³-hybridized carbons (Fsp3) is 0.231. The van der Waals surface area contributed by atoms with E-state index in [0.717, 1.165) is 11.4 Å². The molecular weight excluding hydrogens is 230 g/mol. The first-order valence-electron chi connectivity index (χ1n) is 5.73. The van der Waals surface area contributed by atoms with Gasteiger partial charge in [0, 0.05) is 24.7 Å². The number of hydrogen-bond acceptors (Lipinski definition) is 4. The van der Waals surface area contributed by atoms with E-state index in [9.17, 15) is 4.79 Å². The Labute approximate surface area is 105 Å².